The van der Waals surface area contributed by atoms with Crippen molar-refractivity contribution in [2.45, 2.75) is 17.7 Å². The van der Waals surface area contributed by atoms with Gasteiger partial charge in [-0.3, -0.25) is 0 Å². The summed E-state index contributed by atoms with van der Waals surface area (Å²) in [6.07, 6.45) is 0.994. The van der Waals surface area contributed by atoms with Gasteiger partial charge in [-0.05, 0) is 49.1 Å². The Balaban J connectivity index is 1.49. The third-order valence-electron chi connectivity index (χ3n) is 4.82. The van der Waals surface area contributed by atoms with Gasteiger partial charge in [0.15, 0.2) is 0 Å². The number of sulfonamides is 1. The van der Waals surface area contributed by atoms with Gasteiger partial charge < -0.3 is 14.4 Å². The number of carbonyl (C=O) groups is 1. The third-order valence-corrected chi connectivity index (χ3v) is 6.53. The predicted octanol–water partition coefficient (Wildman–Crippen LogP) is 3.54. The van der Waals surface area contributed by atoms with Crippen LogP contribution in [0, 0.1) is 5.92 Å². The predicted molar refractivity (Wildman–Crippen MR) is 110 cm³/mol. The number of hydrogen-bond acceptors (Lipinski definition) is 5. The van der Waals surface area contributed by atoms with E-state index in [0.29, 0.717) is 44.0 Å². The van der Waals surface area contributed by atoms with Crippen molar-refractivity contribution in [3.63, 3.8) is 0 Å². The highest BCUT2D eigenvalue weighted by molar-refractivity contribution is 7.89. The smallest absolute Gasteiger partial charge is 0.415 e. The molecule has 156 valence electrons. The number of halogens is 1. The zero-order valence-electron chi connectivity index (χ0n) is 16.0. The van der Waals surface area contributed by atoms with Gasteiger partial charge in [-0.2, -0.15) is 0 Å². The van der Waals surface area contributed by atoms with Crippen LogP contribution in [-0.2, 0) is 10.0 Å². The summed E-state index contributed by atoms with van der Waals surface area (Å²) in [5, 5.41) is 0.237. The fourth-order valence-corrected chi connectivity index (χ4v) is 4.56. The number of likely N-dealkylation sites (tertiary alicyclic amines) is 1. The first-order valence-electron chi connectivity index (χ1n) is 9.24. The lowest BCUT2D eigenvalue weighted by Crippen LogP contribution is -2.42. The molecule has 0 spiro atoms. The molecule has 1 fully saturated rings. The molecule has 1 N–H and O–H groups in total. The summed E-state index contributed by atoms with van der Waals surface area (Å²) in [4.78, 5) is 14.0. The molecule has 7 nitrogen and oxygen atoms in total. The molecular formula is C20H23ClN2O5S. The van der Waals surface area contributed by atoms with Crippen LogP contribution in [0.3, 0.4) is 0 Å². The maximum absolute atomic E-state index is 12.5. The number of rotatable bonds is 6. The Morgan fingerprint density at radius 2 is 1.86 bits per heavy atom. The zero-order chi connectivity index (χ0) is 20.9. The number of amides is 1. The van der Waals surface area contributed by atoms with Crippen LogP contribution in [0.5, 0.6) is 11.5 Å². The summed E-state index contributed by atoms with van der Waals surface area (Å²) >= 11 is 6.02. The molecule has 1 aliphatic heterocycles. The van der Waals surface area contributed by atoms with Crippen LogP contribution in [-0.4, -0.2) is 46.2 Å². The van der Waals surface area contributed by atoms with E-state index in [4.69, 9.17) is 21.1 Å². The maximum atomic E-state index is 12.5. The molecule has 0 saturated carbocycles. The molecular weight excluding hydrogens is 416 g/mol. The summed E-state index contributed by atoms with van der Waals surface area (Å²) < 4.78 is 38.0. The largest absolute Gasteiger partial charge is 0.495 e. The summed E-state index contributed by atoms with van der Waals surface area (Å²) in [7, 11) is -2.21. The van der Waals surface area contributed by atoms with Gasteiger partial charge >= 0.3 is 6.09 Å². The number of hydrogen-bond donors (Lipinski definition) is 1. The van der Waals surface area contributed by atoms with Crippen LogP contribution >= 0.6 is 11.6 Å². The lowest BCUT2D eigenvalue weighted by atomic mass is 9.97. The standard InChI is InChI=1S/C20H23ClN2O5S/c1-27-19-8-7-17(13-18(19)21)29(25,26)22-14-15-9-11-23(12-10-15)20(24)28-16-5-3-2-4-6-16/h2-8,13,15,22H,9-12,14H2,1H3. The molecule has 0 aromatic heterocycles. The van der Waals surface area contributed by atoms with Gasteiger partial charge in [0.25, 0.3) is 0 Å². The SMILES string of the molecule is COc1ccc(S(=O)(=O)NCC2CCN(C(=O)Oc3ccccc3)CC2)cc1Cl. The lowest BCUT2D eigenvalue weighted by Gasteiger charge is -2.31. The molecule has 0 bridgehead atoms. The molecule has 0 radical (unpaired) electrons. The maximum Gasteiger partial charge on any atom is 0.415 e. The second-order valence-corrected chi connectivity index (χ2v) is 8.93. The Morgan fingerprint density at radius 3 is 2.48 bits per heavy atom. The number of ether oxygens (including phenoxy) is 2. The first-order valence-corrected chi connectivity index (χ1v) is 11.1. The average Bonchev–Trinajstić information content (AvgIpc) is 2.73. The molecule has 9 heteroatoms. The topological polar surface area (TPSA) is 84.9 Å². The number of nitrogens with one attached hydrogen (secondary N) is 1. The molecule has 1 heterocycles. The van der Waals surface area contributed by atoms with E-state index in [1.54, 1.807) is 29.2 Å². The van der Waals surface area contributed by atoms with E-state index >= 15 is 0 Å². The van der Waals surface area contributed by atoms with Crippen molar-refractivity contribution in [3.05, 3.63) is 53.6 Å². The Kier molecular flexibility index (Phi) is 7.00. The fourth-order valence-electron chi connectivity index (χ4n) is 3.10. The van der Waals surface area contributed by atoms with E-state index in [1.807, 2.05) is 6.07 Å². The number of methoxy groups -OCH3 is 1. The van der Waals surface area contributed by atoms with E-state index in [9.17, 15) is 13.2 Å². The molecule has 2 aromatic carbocycles. The molecule has 0 unspecified atom stereocenters. The van der Waals surface area contributed by atoms with Crippen molar-refractivity contribution < 1.29 is 22.7 Å². The Morgan fingerprint density at radius 1 is 1.17 bits per heavy atom. The monoisotopic (exact) mass is 438 g/mol. The highest BCUT2D eigenvalue weighted by Gasteiger charge is 2.25. The van der Waals surface area contributed by atoms with E-state index in [2.05, 4.69) is 4.72 Å². The summed E-state index contributed by atoms with van der Waals surface area (Å²) in [6, 6.07) is 13.3. The highest BCUT2D eigenvalue weighted by Crippen LogP contribution is 2.27. The number of benzene rings is 2. The third kappa shape index (κ3) is 5.62. The van der Waals surface area contributed by atoms with Crippen molar-refractivity contribution in [2.24, 2.45) is 5.92 Å². The van der Waals surface area contributed by atoms with Gasteiger partial charge in [-0.25, -0.2) is 17.9 Å². The van der Waals surface area contributed by atoms with Crippen molar-refractivity contribution in [3.8, 4) is 11.5 Å². The van der Waals surface area contributed by atoms with Gasteiger partial charge in [0, 0.05) is 19.6 Å². The molecule has 1 saturated heterocycles. The summed E-state index contributed by atoms with van der Waals surface area (Å²) in [5.41, 5.74) is 0. The van der Waals surface area contributed by atoms with Crippen molar-refractivity contribution >= 4 is 27.7 Å². The summed E-state index contributed by atoms with van der Waals surface area (Å²) in [6.45, 7) is 1.34. The van der Waals surface area contributed by atoms with Gasteiger partial charge in [0.2, 0.25) is 10.0 Å². The Hall–Kier alpha value is -2.29. The minimum atomic E-state index is -3.67. The van der Waals surface area contributed by atoms with E-state index in [0.717, 1.165) is 0 Å². The van der Waals surface area contributed by atoms with Gasteiger partial charge in [0.05, 0.1) is 17.0 Å². The number of nitrogens with zero attached hydrogens (tertiary/aromatic N) is 1. The molecule has 1 amide bonds. The van der Waals surface area contributed by atoms with E-state index in [-0.39, 0.29) is 21.9 Å². The molecule has 0 aliphatic carbocycles. The van der Waals surface area contributed by atoms with Crippen molar-refractivity contribution in [1.82, 2.24) is 9.62 Å². The quantitative estimate of drug-likeness (QED) is 0.745. The average molecular weight is 439 g/mol. The van der Waals surface area contributed by atoms with Crippen molar-refractivity contribution in [1.29, 1.82) is 0 Å². The summed E-state index contributed by atoms with van der Waals surface area (Å²) in [5.74, 6) is 1.06. The number of piperidine rings is 1. The fraction of sp³-hybridized carbons (Fsp3) is 0.350. The van der Waals surface area contributed by atoms with Crippen LogP contribution in [0.2, 0.25) is 5.02 Å². The minimum Gasteiger partial charge on any atom is -0.495 e. The molecule has 3 rings (SSSR count). The Bertz CT molecular complexity index is 945. The highest BCUT2D eigenvalue weighted by atomic mass is 35.5. The van der Waals surface area contributed by atoms with E-state index < -0.39 is 10.0 Å². The van der Waals surface area contributed by atoms with E-state index in [1.165, 1.54) is 25.3 Å². The lowest BCUT2D eigenvalue weighted by molar-refractivity contribution is 0.131. The normalized spacial score (nSPS) is 15.2. The zero-order valence-corrected chi connectivity index (χ0v) is 17.6. The minimum absolute atomic E-state index is 0.0900. The molecule has 0 atom stereocenters. The van der Waals surface area contributed by atoms with Crippen LogP contribution in [0.1, 0.15) is 12.8 Å². The first kappa shape index (κ1) is 21.4. The molecule has 2 aromatic rings. The van der Waals surface area contributed by atoms with Gasteiger partial charge in [-0.1, -0.05) is 29.8 Å². The number of carbonyl (C=O) groups excluding carboxylic acids is 1. The van der Waals surface area contributed by atoms with Crippen LogP contribution < -0.4 is 14.2 Å². The molecule has 29 heavy (non-hydrogen) atoms. The molecule has 1 aliphatic rings. The van der Waals surface area contributed by atoms with Crippen LogP contribution in [0.15, 0.2) is 53.4 Å². The van der Waals surface area contributed by atoms with Crippen molar-refractivity contribution in [2.75, 3.05) is 26.7 Å². The van der Waals surface area contributed by atoms with Crippen LogP contribution in [0.4, 0.5) is 4.79 Å². The number of para-hydroxylation sites is 1. The van der Waals surface area contributed by atoms with Crippen LogP contribution in [0.25, 0.3) is 0 Å². The second-order valence-electron chi connectivity index (χ2n) is 6.76. The van der Waals surface area contributed by atoms with Gasteiger partial charge in [-0.15, -0.1) is 0 Å². The first-order chi connectivity index (χ1) is 13.9. The second kappa shape index (κ2) is 9.47. The van der Waals surface area contributed by atoms with Gasteiger partial charge in [0.1, 0.15) is 11.5 Å². The Labute approximate surface area is 175 Å².